The van der Waals surface area contributed by atoms with E-state index in [0.717, 1.165) is 32.1 Å². The van der Waals surface area contributed by atoms with Gasteiger partial charge in [-0.15, -0.1) is 0 Å². The Hall–Kier alpha value is -0.980. The van der Waals surface area contributed by atoms with Gasteiger partial charge >= 0.3 is 12.2 Å². The highest BCUT2D eigenvalue weighted by molar-refractivity contribution is 5.74. The first-order chi connectivity index (χ1) is 10.9. The van der Waals surface area contributed by atoms with Gasteiger partial charge in [0.05, 0.1) is 6.54 Å². The second-order valence-corrected chi connectivity index (χ2v) is 6.83. The number of amides is 2. The van der Waals surface area contributed by atoms with E-state index >= 15 is 0 Å². The molecule has 0 bridgehead atoms. The van der Waals surface area contributed by atoms with Crippen LogP contribution in [0.4, 0.5) is 18.0 Å². The SMILES string of the molecule is CCN(C[C@@H]1CCN(C(=O)NC2CCCCC2)C1)CC(F)(F)F. The zero-order valence-corrected chi connectivity index (χ0v) is 13.9. The molecule has 0 unspecified atom stereocenters. The van der Waals surface area contributed by atoms with Crippen LogP contribution >= 0.6 is 0 Å². The van der Waals surface area contributed by atoms with Gasteiger partial charge in [0.1, 0.15) is 0 Å². The third kappa shape index (κ3) is 6.20. The molecule has 0 aromatic carbocycles. The number of urea groups is 1. The number of halogens is 3. The number of likely N-dealkylation sites (tertiary alicyclic amines) is 1. The zero-order chi connectivity index (χ0) is 16.9. The molecule has 4 nitrogen and oxygen atoms in total. The fourth-order valence-corrected chi connectivity index (χ4v) is 3.60. The maximum absolute atomic E-state index is 12.5. The lowest BCUT2D eigenvalue weighted by Crippen LogP contribution is -2.45. The van der Waals surface area contributed by atoms with Gasteiger partial charge in [-0.3, -0.25) is 4.90 Å². The van der Waals surface area contributed by atoms with Crippen LogP contribution in [0.15, 0.2) is 0 Å². The van der Waals surface area contributed by atoms with Crippen molar-refractivity contribution >= 4 is 6.03 Å². The molecule has 1 saturated carbocycles. The zero-order valence-electron chi connectivity index (χ0n) is 13.9. The van der Waals surface area contributed by atoms with E-state index in [2.05, 4.69) is 5.32 Å². The number of hydrogen-bond acceptors (Lipinski definition) is 2. The van der Waals surface area contributed by atoms with Crippen LogP contribution in [0, 0.1) is 5.92 Å². The van der Waals surface area contributed by atoms with Gasteiger partial charge in [0.2, 0.25) is 0 Å². The maximum Gasteiger partial charge on any atom is 0.401 e. The fraction of sp³-hybridized carbons (Fsp3) is 0.938. The summed E-state index contributed by atoms with van der Waals surface area (Å²) in [6.07, 6.45) is 2.27. The number of rotatable bonds is 5. The largest absolute Gasteiger partial charge is 0.401 e. The van der Waals surface area contributed by atoms with Gasteiger partial charge in [0.15, 0.2) is 0 Å². The maximum atomic E-state index is 12.5. The number of carbonyl (C=O) groups is 1. The van der Waals surface area contributed by atoms with Gasteiger partial charge in [-0.1, -0.05) is 26.2 Å². The van der Waals surface area contributed by atoms with Crippen LogP contribution in [0.5, 0.6) is 0 Å². The Morgan fingerprint density at radius 1 is 1.22 bits per heavy atom. The summed E-state index contributed by atoms with van der Waals surface area (Å²) in [7, 11) is 0. The summed E-state index contributed by atoms with van der Waals surface area (Å²) in [4.78, 5) is 15.5. The molecule has 1 saturated heterocycles. The predicted octanol–water partition coefficient (Wildman–Crippen LogP) is 3.23. The van der Waals surface area contributed by atoms with Crippen molar-refractivity contribution in [1.82, 2.24) is 15.1 Å². The van der Waals surface area contributed by atoms with E-state index in [1.165, 1.54) is 11.3 Å². The fourth-order valence-electron chi connectivity index (χ4n) is 3.60. The molecular formula is C16H28F3N3O. The average molecular weight is 335 g/mol. The van der Waals surface area contributed by atoms with Gasteiger partial charge in [-0.2, -0.15) is 13.2 Å². The number of carbonyl (C=O) groups excluding carboxylic acids is 1. The molecule has 1 N–H and O–H groups in total. The second-order valence-electron chi connectivity index (χ2n) is 6.83. The summed E-state index contributed by atoms with van der Waals surface area (Å²) in [6, 6.07) is 0.228. The van der Waals surface area contributed by atoms with E-state index in [9.17, 15) is 18.0 Å². The third-order valence-corrected chi connectivity index (χ3v) is 4.87. The number of nitrogens with one attached hydrogen (secondary N) is 1. The Morgan fingerprint density at radius 2 is 1.91 bits per heavy atom. The third-order valence-electron chi connectivity index (χ3n) is 4.87. The molecule has 1 heterocycles. The lowest BCUT2D eigenvalue weighted by Gasteiger charge is -2.27. The first kappa shape index (κ1) is 18.4. The minimum atomic E-state index is -4.16. The van der Waals surface area contributed by atoms with Crippen molar-refractivity contribution in [1.29, 1.82) is 0 Å². The number of hydrogen-bond donors (Lipinski definition) is 1. The first-order valence-corrected chi connectivity index (χ1v) is 8.72. The Labute approximate surface area is 136 Å². The highest BCUT2D eigenvalue weighted by Crippen LogP contribution is 2.22. The summed E-state index contributed by atoms with van der Waals surface area (Å²) in [5, 5.41) is 3.08. The molecule has 2 amide bonds. The Morgan fingerprint density at radius 3 is 2.52 bits per heavy atom. The van der Waals surface area contributed by atoms with E-state index in [-0.39, 0.29) is 18.0 Å². The Kier molecular flexibility index (Phi) is 6.56. The van der Waals surface area contributed by atoms with Crippen LogP contribution in [0.2, 0.25) is 0 Å². The van der Waals surface area contributed by atoms with Crippen molar-refractivity contribution < 1.29 is 18.0 Å². The quantitative estimate of drug-likeness (QED) is 0.837. The minimum Gasteiger partial charge on any atom is -0.335 e. The molecule has 23 heavy (non-hydrogen) atoms. The molecule has 0 aromatic heterocycles. The van der Waals surface area contributed by atoms with Crippen molar-refractivity contribution in [3.63, 3.8) is 0 Å². The minimum absolute atomic E-state index is 0.0433. The van der Waals surface area contributed by atoms with Crippen LogP contribution in [0.1, 0.15) is 45.4 Å². The average Bonchev–Trinajstić information content (AvgIpc) is 2.95. The van der Waals surface area contributed by atoms with Gasteiger partial charge < -0.3 is 10.2 Å². The summed E-state index contributed by atoms with van der Waals surface area (Å²) in [6.45, 7) is 2.87. The van der Waals surface area contributed by atoms with E-state index < -0.39 is 12.7 Å². The standard InChI is InChI=1S/C16H28F3N3O/c1-2-21(12-16(17,18)19)10-13-8-9-22(11-13)15(23)20-14-6-4-3-5-7-14/h13-14H,2-12H2,1H3,(H,20,23)/t13-/m0/s1. The highest BCUT2D eigenvalue weighted by Gasteiger charge is 2.33. The van der Waals surface area contributed by atoms with Crippen molar-refractivity contribution in [3.8, 4) is 0 Å². The van der Waals surface area contributed by atoms with E-state index in [1.807, 2.05) is 0 Å². The van der Waals surface area contributed by atoms with Gasteiger partial charge in [-0.05, 0) is 31.7 Å². The number of alkyl halides is 3. The molecule has 0 spiro atoms. The van der Waals surface area contributed by atoms with E-state index in [4.69, 9.17) is 0 Å². The van der Waals surface area contributed by atoms with Gasteiger partial charge in [0, 0.05) is 25.7 Å². The Balaban J connectivity index is 1.75. The normalized spacial score (nSPS) is 23.5. The van der Waals surface area contributed by atoms with Crippen LogP contribution in [0.25, 0.3) is 0 Å². The summed E-state index contributed by atoms with van der Waals surface area (Å²) < 4.78 is 37.5. The molecule has 0 aromatic rings. The second kappa shape index (κ2) is 8.22. The highest BCUT2D eigenvalue weighted by atomic mass is 19.4. The van der Waals surface area contributed by atoms with Gasteiger partial charge in [-0.25, -0.2) is 4.79 Å². The topological polar surface area (TPSA) is 35.6 Å². The lowest BCUT2D eigenvalue weighted by molar-refractivity contribution is -0.146. The molecule has 2 rings (SSSR count). The van der Waals surface area contributed by atoms with Crippen molar-refractivity contribution in [3.05, 3.63) is 0 Å². The molecule has 1 atom stereocenters. The first-order valence-electron chi connectivity index (χ1n) is 8.72. The van der Waals surface area contributed by atoms with E-state index in [0.29, 0.717) is 26.2 Å². The van der Waals surface area contributed by atoms with Crippen molar-refractivity contribution in [2.45, 2.75) is 57.7 Å². The molecule has 1 aliphatic heterocycles. The van der Waals surface area contributed by atoms with Crippen LogP contribution < -0.4 is 5.32 Å². The molecule has 0 radical (unpaired) electrons. The lowest BCUT2D eigenvalue weighted by atomic mass is 9.96. The van der Waals surface area contributed by atoms with Gasteiger partial charge in [0.25, 0.3) is 0 Å². The molecule has 1 aliphatic carbocycles. The predicted molar refractivity (Wildman–Crippen MR) is 83.3 cm³/mol. The molecule has 7 heteroatoms. The molecule has 2 aliphatic rings. The van der Waals surface area contributed by atoms with E-state index in [1.54, 1.807) is 11.8 Å². The van der Waals surface area contributed by atoms with Crippen molar-refractivity contribution in [2.24, 2.45) is 5.92 Å². The molecule has 134 valence electrons. The molecule has 2 fully saturated rings. The van der Waals surface area contributed by atoms with Crippen LogP contribution in [-0.2, 0) is 0 Å². The summed E-state index contributed by atoms with van der Waals surface area (Å²) >= 11 is 0. The smallest absolute Gasteiger partial charge is 0.335 e. The van der Waals surface area contributed by atoms with Crippen molar-refractivity contribution in [2.75, 3.05) is 32.7 Å². The molecular weight excluding hydrogens is 307 g/mol. The Bertz CT molecular complexity index is 383. The van der Waals surface area contributed by atoms with Crippen LogP contribution in [-0.4, -0.2) is 60.8 Å². The van der Waals surface area contributed by atoms with Crippen LogP contribution in [0.3, 0.4) is 0 Å². The summed E-state index contributed by atoms with van der Waals surface area (Å²) in [5.74, 6) is 0.134. The monoisotopic (exact) mass is 335 g/mol. The number of nitrogens with zero attached hydrogens (tertiary/aromatic N) is 2. The summed E-state index contributed by atoms with van der Waals surface area (Å²) in [5.41, 5.74) is 0.